The lowest BCUT2D eigenvalue weighted by molar-refractivity contribution is -0.119. The van der Waals surface area contributed by atoms with E-state index in [1.54, 1.807) is 12.1 Å². The Morgan fingerprint density at radius 1 is 1.16 bits per heavy atom. The molecule has 0 aliphatic heterocycles. The van der Waals surface area contributed by atoms with Crippen LogP contribution in [0.1, 0.15) is 50.7 Å². The predicted octanol–water partition coefficient (Wildman–Crippen LogP) is 3.40. The lowest BCUT2D eigenvalue weighted by Gasteiger charge is -2.23. The smallest absolute Gasteiger partial charge is 0.240 e. The number of anilines is 1. The summed E-state index contributed by atoms with van der Waals surface area (Å²) in [5, 5.41) is 2.90. The first kappa shape index (κ1) is 21.5. The standard InChI is InChI=1S/C19H32N2O3S/c1-6-8-9-17(7-2)13-20-19(22)14-21(25(5,23)24)18-11-15(3)10-16(4)12-18/h10-12,17H,6-9,13-14H2,1-5H3,(H,20,22)/t17-/m1/s1. The van der Waals surface area contributed by atoms with Crippen LogP contribution < -0.4 is 9.62 Å². The van der Waals surface area contributed by atoms with Gasteiger partial charge in [0.1, 0.15) is 6.54 Å². The number of hydrogen-bond acceptors (Lipinski definition) is 3. The van der Waals surface area contributed by atoms with Gasteiger partial charge in [-0.25, -0.2) is 8.42 Å². The molecule has 1 atom stereocenters. The summed E-state index contributed by atoms with van der Waals surface area (Å²) in [5.74, 6) is 0.177. The van der Waals surface area contributed by atoms with E-state index in [4.69, 9.17) is 0 Å². The van der Waals surface area contributed by atoms with Crippen molar-refractivity contribution in [2.45, 2.75) is 53.4 Å². The minimum atomic E-state index is -3.53. The van der Waals surface area contributed by atoms with Crippen molar-refractivity contribution in [1.82, 2.24) is 5.32 Å². The third-order valence-corrected chi connectivity index (χ3v) is 5.45. The molecule has 25 heavy (non-hydrogen) atoms. The van der Waals surface area contributed by atoms with Gasteiger partial charge in [0.25, 0.3) is 0 Å². The Bertz CT molecular complexity index is 651. The summed E-state index contributed by atoms with van der Waals surface area (Å²) in [4.78, 5) is 12.3. The van der Waals surface area contributed by atoms with E-state index in [0.717, 1.165) is 43.1 Å². The molecule has 142 valence electrons. The van der Waals surface area contributed by atoms with Gasteiger partial charge in [-0.05, 0) is 49.4 Å². The van der Waals surface area contributed by atoms with Crippen LogP contribution in [0.3, 0.4) is 0 Å². The topological polar surface area (TPSA) is 66.5 Å². The minimum absolute atomic E-state index is 0.189. The summed E-state index contributed by atoms with van der Waals surface area (Å²) >= 11 is 0. The van der Waals surface area contributed by atoms with Crippen LogP contribution in [0.4, 0.5) is 5.69 Å². The van der Waals surface area contributed by atoms with Crippen molar-refractivity contribution < 1.29 is 13.2 Å². The Balaban J connectivity index is 2.81. The maximum Gasteiger partial charge on any atom is 0.240 e. The van der Waals surface area contributed by atoms with Crippen molar-refractivity contribution >= 4 is 21.6 Å². The summed E-state index contributed by atoms with van der Waals surface area (Å²) in [6, 6.07) is 5.55. The molecule has 0 radical (unpaired) electrons. The molecule has 0 aliphatic rings. The van der Waals surface area contributed by atoms with Crippen LogP contribution in [-0.4, -0.2) is 33.7 Å². The van der Waals surface area contributed by atoms with E-state index in [9.17, 15) is 13.2 Å². The lowest BCUT2D eigenvalue weighted by atomic mass is 9.99. The lowest BCUT2D eigenvalue weighted by Crippen LogP contribution is -2.41. The molecule has 1 aromatic rings. The van der Waals surface area contributed by atoms with Gasteiger partial charge in [0.05, 0.1) is 11.9 Å². The van der Waals surface area contributed by atoms with Crippen molar-refractivity contribution in [3.63, 3.8) is 0 Å². The number of aryl methyl sites for hydroxylation is 2. The van der Waals surface area contributed by atoms with Gasteiger partial charge in [0, 0.05) is 6.54 Å². The molecule has 0 aromatic heterocycles. The molecule has 0 aliphatic carbocycles. The zero-order valence-electron chi connectivity index (χ0n) is 16.1. The van der Waals surface area contributed by atoms with Crippen LogP contribution >= 0.6 is 0 Å². The van der Waals surface area contributed by atoms with E-state index >= 15 is 0 Å². The summed E-state index contributed by atoms with van der Waals surface area (Å²) in [6.07, 6.45) is 5.51. The van der Waals surface area contributed by atoms with Gasteiger partial charge in [-0.15, -0.1) is 0 Å². The quantitative estimate of drug-likeness (QED) is 0.688. The molecule has 0 bridgehead atoms. The number of amides is 1. The van der Waals surface area contributed by atoms with Gasteiger partial charge in [-0.2, -0.15) is 0 Å². The van der Waals surface area contributed by atoms with Crippen LogP contribution in [0.2, 0.25) is 0 Å². The van der Waals surface area contributed by atoms with Crippen LogP contribution in [-0.2, 0) is 14.8 Å². The number of nitrogens with zero attached hydrogens (tertiary/aromatic N) is 1. The molecule has 1 aromatic carbocycles. The van der Waals surface area contributed by atoms with Gasteiger partial charge in [-0.3, -0.25) is 9.10 Å². The molecule has 5 nitrogen and oxygen atoms in total. The van der Waals surface area contributed by atoms with Crippen molar-refractivity contribution in [1.29, 1.82) is 0 Å². The molecule has 0 saturated heterocycles. The van der Waals surface area contributed by atoms with Gasteiger partial charge in [-0.1, -0.05) is 39.2 Å². The first-order valence-corrected chi connectivity index (χ1v) is 10.8. The van der Waals surface area contributed by atoms with Crippen LogP contribution in [0.5, 0.6) is 0 Å². The molecule has 0 unspecified atom stereocenters. The van der Waals surface area contributed by atoms with Crippen LogP contribution in [0.25, 0.3) is 0 Å². The third-order valence-electron chi connectivity index (χ3n) is 4.31. The monoisotopic (exact) mass is 368 g/mol. The number of nitrogens with one attached hydrogen (secondary N) is 1. The zero-order chi connectivity index (χ0) is 19.0. The fourth-order valence-corrected chi connectivity index (χ4v) is 3.72. The molecule has 1 N–H and O–H groups in total. The van der Waals surface area contributed by atoms with Crippen LogP contribution in [0.15, 0.2) is 18.2 Å². The van der Waals surface area contributed by atoms with Gasteiger partial charge < -0.3 is 5.32 Å². The molecule has 1 amide bonds. The first-order valence-electron chi connectivity index (χ1n) is 9.00. The largest absolute Gasteiger partial charge is 0.354 e. The highest BCUT2D eigenvalue weighted by Crippen LogP contribution is 2.21. The van der Waals surface area contributed by atoms with E-state index in [2.05, 4.69) is 19.2 Å². The fraction of sp³-hybridized carbons (Fsp3) is 0.632. The van der Waals surface area contributed by atoms with Gasteiger partial charge in [0.2, 0.25) is 15.9 Å². The highest BCUT2D eigenvalue weighted by molar-refractivity contribution is 7.92. The Hall–Kier alpha value is -1.56. The van der Waals surface area contributed by atoms with Crippen molar-refractivity contribution in [2.75, 3.05) is 23.7 Å². The maximum atomic E-state index is 12.3. The molecule has 0 fully saturated rings. The second-order valence-corrected chi connectivity index (χ2v) is 8.74. The molecule has 0 heterocycles. The Kier molecular flexibility index (Phi) is 8.42. The summed E-state index contributed by atoms with van der Waals surface area (Å²) < 4.78 is 25.5. The number of carbonyl (C=O) groups excluding carboxylic acids is 1. The van der Waals surface area contributed by atoms with E-state index in [1.807, 2.05) is 19.9 Å². The predicted molar refractivity (Wildman–Crippen MR) is 104 cm³/mol. The number of carbonyl (C=O) groups is 1. The molecule has 6 heteroatoms. The number of unbranched alkanes of at least 4 members (excludes halogenated alkanes) is 1. The van der Waals surface area contributed by atoms with E-state index in [1.165, 1.54) is 4.31 Å². The second kappa shape index (κ2) is 9.80. The normalized spacial score (nSPS) is 12.7. The van der Waals surface area contributed by atoms with Crippen molar-refractivity contribution in [3.05, 3.63) is 29.3 Å². The first-order chi connectivity index (χ1) is 11.7. The second-order valence-electron chi connectivity index (χ2n) is 6.84. The van der Waals surface area contributed by atoms with Gasteiger partial charge >= 0.3 is 0 Å². The Morgan fingerprint density at radius 3 is 2.24 bits per heavy atom. The number of rotatable bonds is 10. The maximum absolute atomic E-state index is 12.3. The fourth-order valence-electron chi connectivity index (χ4n) is 2.88. The number of benzene rings is 1. The molecule has 0 spiro atoms. The van der Waals surface area contributed by atoms with E-state index in [0.29, 0.717) is 18.2 Å². The highest BCUT2D eigenvalue weighted by Gasteiger charge is 2.21. The average molecular weight is 369 g/mol. The number of sulfonamides is 1. The molecular formula is C19H32N2O3S. The Labute approximate surface area is 152 Å². The van der Waals surface area contributed by atoms with E-state index < -0.39 is 10.0 Å². The molecular weight excluding hydrogens is 336 g/mol. The van der Waals surface area contributed by atoms with E-state index in [-0.39, 0.29) is 12.5 Å². The molecule has 1 rings (SSSR count). The van der Waals surface area contributed by atoms with Crippen molar-refractivity contribution in [3.8, 4) is 0 Å². The minimum Gasteiger partial charge on any atom is -0.354 e. The summed E-state index contributed by atoms with van der Waals surface area (Å²) in [7, 11) is -3.53. The van der Waals surface area contributed by atoms with Gasteiger partial charge in [0.15, 0.2) is 0 Å². The third kappa shape index (κ3) is 7.46. The average Bonchev–Trinajstić information content (AvgIpc) is 2.50. The summed E-state index contributed by atoms with van der Waals surface area (Å²) in [5.41, 5.74) is 2.47. The Morgan fingerprint density at radius 2 is 1.76 bits per heavy atom. The number of hydrogen-bond donors (Lipinski definition) is 1. The molecule has 0 saturated carbocycles. The summed E-state index contributed by atoms with van der Waals surface area (Å²) in [6.45, 7) is 8.50. The van der Waals surface area contributed by atoms with Crippen LogP contribution in [0, 0.1) is 19.8 Å². The highest BCUT2D eigenvalue weighted by atomic mass is 32.2. The zero-order valence-corrected chi connectivity index (χ0v) is 16.9. The van der Waals surface area contributed by atoms with Crippen molar-refractivity contribution in [2.24, 2.45) is 5.92 Å². The SMILES string of the molecule is CCCC[C@@H](CC)CNC(=O)CN(c1cc(C)cc(C)c1)S(C)(=O)=O.